The van der Waals surface area contributed by atoms with Crippen LogP contribution in [0.2, 0.25) is 0 Å². The molecule has 0 aliphatic carbocycles. The highest BCUT2D eigenvalue weighted by atomic mass is 32.2. The SMILES string of the molecule is CCCC=C(CNC(=O)C1=CCC(C(=O)c2c(F)cccc2F)C=N1)SC(=NC)c1ccn[nH]1. The number of carbonyl (C=O) groups is 2. The molecule has 1 aliphatic rings. The van der Waals surface area contributed by atoms with Crippen LogP contribution in [0.5, 0.6) is 0 Å². The molecule has 2 aromatic rings. The Kier molecular flexibility index (Phi) is 9.03. The van der Waals surface area contributed by atoms with Crippen molar-refractivity contribution >= 4 is 34.7 Å². The topological polar surface area (TPSA) is 99.6 Å². The van der Waals surface area contributed by atoms with E-state index >= 15 is 0 Å². The van der Waals surface area contributed by atoms with Crippen molar-refractivity contribution < 1.29 is 18.4 Å². The van der Waals surface area contributed by atoms with E-state index in [2.05, 4.69) is 32.4 Å². The number of thioether (sulfide) groups is 1. The Hall–Kier alpha value is -3.40. The Labute approximate surface area is 200 Å². The Morgan fingerprint density at radius 1 is 1.29 bits per heavy atom. The van der Waals surface area contributed by atoms with E-state index in [1.54, 1.807) is 13.2 Å². The molecule has 178 valence electrons. The summed E-state index contributed by atoms with van der Waals surface area (Å²) in [5.74, 6) is -3.78. The van der Waals surface area contributed by atoms with E-state index in [4.69, 9.17) is 0 Å². The zero-order valence-electron chi connectivity index (χ0n) is 18.8. The van der Waals surface area contributed by atoms with Gasteiger partial charge < -0.3 is 5.32 Å². The average molecular weight is 486 g/mol. The maximum atomic E-state index is 13.9. The number of aromatic amines is 1. The van der Waals surface area contributed by atoms with Crippen molar-refractivity contribution in [2.75, 3.05) is 13.6 Å². The van der Waals surface area contributed by atoms with E-state index in [1.807, 2.05) is 12.1 Å². The number of aliphatic imine (C=N–C) groups is 2. The fourth-order valence-corrected chi connectivity index (χ4v) is 4.11. The number of hydrogen-bond acceptors (Lipinski definition) is 6. The molecular formula is C24H25F2N5O2S. The molecule has 0 bridgehead atoms. The second-order valence-electron chi connectivity index (χ2n) is 7.41. The van der Waals surface area contributed by atoms with Crippen LogP contribution in [-0.2, 0) is 4.79 Å². The van der Waals surface area contributed by atoms with Crippen LogP contribution in [-0.4, -0.2) is 46.7 Å². The quantitative estimate of drug-likeness (QED) is 0.311. The number of nitrogens with one attached hydrogen (secondary N) is 2. The summed E-state index contributed by atoms with van der Waals surface area (Å²) in [6.07, 6.45) is 8.38. The average Bonchev–Trinajstić information content (AvgIpc) is 3.38. The van der Waals surface area contributed by atoms with Gasteiger partial charge in [-0.1, -0.05) is 43.3 Å². The summed E-state index contributed by atoms with van der Waals surface area (Å²) < 4.78 is 27.9. The lowest BCUT2D eigenvalue weighted by Crippen LogP contribution is -2.28. The molecule has 1 aromatic carbocycles. The van der Waals surface area contributed by atoms with Gasteiger partial charge in [0.15, 0.2) is 5.78 Å². The molecule has 1 amide bonds. The Bertz CT molecular complexity index is 1140. The summed E-state index contributed by atoms with van der Waals surface area (Å²) in [7, 11) is 1.69. The molecule has 1 unspecified atom stereocenters. The molecule has 1 aliphatic heterocycles. The Morgan fingerprint density at radius 3 is 2.65 bits per heavy atom. The molecule has 34 heavy (non-hydrogen) atoms. The Balaban J connectivity index is 1.61. The molecule has 2 N–H and O–H groups in total. The molecule has 10 heteroatoms. The Morgan fingerprint density at radius 2 is 2.06 bits per heavy atom. The predicted octanol–water partition coefficient (Wildman–Crippen LogP) is 4.46. The van der Waals surface area contributed by atoms with Crippen LogP contribution in [0.1, 0.15) is 42.2 Å². The minimum atomic E-state index is -0.917. The molecular weight excluding hydrogens is 460 g/mol. The zero-order chi connectivity index (χ0) is 24.5. The monoisotopic (exact) mass is 485 g/mol. The number of Topliss-reactive ketones (excluding diaryl/α,β-unsaturated/α-hetero) is 1. The molecule has 0 saturated heterocycles. The van der Waals surface area contributed by atoms with Gasteiger partial charge in [-0.25, -0.2) is 8.78 Å². The molecule has 1 atom stereocenters. The highest BCUT2D eigenvalue weighted by Gasteiger charge is 2.26. The van der Waals surface area contributed by atoms with Crippen LogP contribution < -0.4 is 5.32 Å². The minimum Gasteiger partial charge on any atom is -0.346 e. The summed E-state index contributed by atoms with van der Waals surface area (Å²) in [4.78, 5) is 34.4. The van der Waals surface area contributed by atoms with E-state index < -0.39 is 34.8 Å². The van der Waals surface area contributed by atoms with Crippen molar-refractivity contribution in [3.05, 3.63) is 76.1 Å². The summed E-state index contributed by atoms with van der Waals surface area (Å²) in [6.45, 7) is 2.33. The third-order valence-corrected chi connectivity index (χ3v) is 6.15. The third kappa shape index (κ3) is 6.34. The predicted molar refractivity (Wildman–Crippen MR) is 130 cm³/mol. The summed E-state index contributed by atoms with van der Waals surface area (Å²) in [5.41, 5.74) is 0.340. The van der Waals surface area contributed by atoms with Gasteiger partial charge in [0.05, 0.1) is 17.2 Å². The van der Waals surface area contributed by atoms with Crippen molar-refractivity contribution in [3.63, 3.8) is 0 Å². The fourth-order valence-electron chi connectivity index (χ4n) is 3.20. The van der Waals surface area contributed by atoms with Crippen molar-refractivity contribution in [2.45, 2.75) is 26.2 Å². The highest BCUT2D eigenvalue weighted by Crippen LogP contribution is 2.23. The van der Waals surface area contributed by atoms with Gasteiger partial charge in [0, 0.05) is 30.9 Å². The van der Waals surface area contributed by atoms with Crippen LogP contribution in [0.4, 0.5) is 8.78 Å². The van der Waals surface area contributed by atoms with Crippen molar-refractivity contribution in [2.24, 2.45) is 15.9 Å². The van der Waals surface area contributed by atoms with Crippen LogP contribution in [0.15, 0.2) is 63.2 Å². The van der Waals surface area contributed by atoms with Crippen molar-refractivity contribution in [1.82, 2.24) is 15.5 Å². The van der Waals surface area contributed by atoms with Crippen molar-refractivity contribution in [1.29, 1.82) is 0 Å². The second kappa shape index (κ2) is 12.2. The summed E-state index contributed by atoms with van der Waals surface area (Å²) >= 11 is 1.43. The number of nitrogens with zero attached hydrogens (tertiary/aromatic N) is 3. The van der Waals surface area contributed by atoms with E-state index in [0.717, 1.165) is 40.6 Å². The first kappa shape index (κ1) is 25.2. The number of carbonyl (C=O) groups excluding carboxylic acids is 2. The van der Waals surface area contributed by atoms with E-state index in [9.17, 15) is 18.4 Å². The number of aromatic nitrogens is 2. The lowest BCUT2D eigenvalue weighted by molar-refractivity contribution is -0.117. The van der Waals surface area contributed by atoms with Gasteiger partial charge in [0.2, 0.25) is 0 Å². The molecule has 0 fully saturated rings. The van der Waals surface area contributed by atoms with E-state index in [-0.39, 0.29) is 18.7 Å². The molecule has 7 nitrogen and oxygen atoms in total. The molecule has 0 radical (unpaired) electrons. The molecule has 0 saturated carbocycles. The van der Waals surface area contributed by atoms with Gasteiger partial charge in [0.1, 0.15) is 22.4 Å². The van der Waals surface area contributed by atoms with Crippen LogP contribution in [0, 0.1) is 17.6 Å². The molecule has 1 aromatic heterocycles. The largest absolute Gasteiger partial charge is 0.346 e. The number of H-pyrrole nitrogens is 1. The maximum Gasteiger partial charge on any atom is 0.269 e. The molecule has 2 heterocycles. The van der Waals surface area contributed by atoms with Crippen LogP contribution in [0.3, 0.4) is 0 Å². The van der Waals surface area contributed by atoms with Crippen molar-refractivity contribution in [3.8, 4) is 0 Å². The number of rotatable bonds is 9. The lowest BCUT2D eigenvalue weighted by atomic mass is 9.93. The first-order valence-corrected chi connectivity index (χ1v) is 11.6. The molecule has 0 spiro atoms. The van der Waals surface area contributed by atoms with Gasteiger partial charge in [-0.3, -0.25) is 24.7 Å². The number of amides is 1. The highest BCUT2D eigenvalue weighted by molar-refractivity contribution is 8.17. The summed E-state index contributed by atoms with van der Waals surface area (Å²) in [5, 5.41) is 10.4. The standard InChI is InChI=1S/C24H25F2N5O2S/c1-3-4-6-16(34-24(27-2)20-11-12-30-31-20)14-29-23(33)19-10-9-15(13-28-19)22(32)21-17(25)7-5-8-18(21)26/h5-8,10-13,15H,3-4,9,14H2,1-2H3,(H,29,33)(H,30,31). The van der Waals surface area contributed by atoms with Gasteiger partial charge in [-0.15, -0.1) is 0 Å². The first-order chi connectivity index (χ1) is 16.4. The van der Waals surface area contributed by atoms with Gasteiger partial charge in [-0.2, -0.15) is 5.10 Å². The normalized spacial score (nSPS) is 16.4. The van der Waals surface area contributed by atoms with Crippen LogP contribution in [0.25, 0.3) is 0 Å². The van der Waals surface area contributed by atoms with Gasteiger partial charge >= 0.3 is 0 Å². The van der Waals surface area contributed by atoms with E-state index in [0.29, 0.717) is 0 Å². The fraction of sp³-hybridized carbons (Fsp3) is 0.292. The van der Waals surface area contributed by atoms with Gasteiger partial charge in [-0.05, 0) is 31.0 Å². The number of allylic oxidation sites excluding steroid dienone is 2. The second-order valence-corrected chi connectivity index (χ2v) is 8.53. The third-order valence-electron chi connectivity index (χ3n) is 4.98. The zero-order valence-corrected chi connectivity index (χ0v) is 19.7. The number of hydrogen-bond donors (Lipinski definition) is 2. The summed E-state index contributed by atoms with van der Waals surface area (Å²) in [6, 6.07) is 5.09. The maximum absolute atomic E-state index is 13.9. The minimum absolute atomic E-state index is 0.124. The van der Waals surface area contributed by atoms with Crippen LogP contribution >= 0.6 is 11.8 Å². The van der Waals surface area contributed by atoms with Gasteiger partial charge in [0.25, 0.3) is 5.91 Å². The first-order valence-electron chi connectivity index (χ1n) is 10.8. The number of halogens is 2. The number of benzene rings is 1. The molecule has 3 rings (SSSR count). The smallest absolute Gasteiger partial charge is 0.269 e. The number of unbranched alkanes of at least 4 members (excludes halogenated alkanes) is 1. The number of ketones is 1. The van der Waals surface area contributed by atoms with E-state index in [1.165, 1.54) is 30.1 Å². The lowest BCUT2D eigenvalue weighted by Gasteiger charge is -2.16.